The van der Waals surface area contributed by atoms with Crippen LogP contribution < -0.4 is 10.6 Å². The molecule has 1 heterocycles. The van der Waals surface area contributed by atoms with E-state index in [1.165, 1.54) is 11.3 Å². The van der Waals surface area contributed by atoms with Crippen LogP contribution in [0.2, 0.25) is 5.02 Å². The Morgan fingerprint density at radius 3 is 2.44 bits per heavy atom. The largest absolute Gasteiger partial charge is 0.326 e. The lowest BCUT2D eigenvalue weighted by Crippen LogP contribution is -2.13. The quantitative estimate of drug-likeness (QED) is 0.555. The number of benzene rings is 2. The summed E-state index contributed by atoms with van der Waals surface area (Å²) in [6.45, 7) is 3.70. The van der Waals surface area contributed by atoms with Gasteiger partial charge in [-0.3, -0.25) is 9.59 Å². The van der Waals surface area contributed by atoms with Crippen molar-refractivity contribution in [1.82, 2.24) is 0 Å². The van der Waals surface area contributed by atoms with Crippen LogP contribution in [0.5, 0.6) is 0 Å². The third-order valence-electron chi connectivity index (χ3n) is 4.05. The smallest absolute Gasteiger partial charge is 0.265 e. The van der Waals surface area contributed by atoms with Crippen molar-refractivity contribution in [1.29, 1.82) is 0 Å². The molecule has 0 aliphatic rings. The van der Waals surface area contributed by atoms with E-state index in [0.29, 0.717) is 27.7 Å². The third-order valence-corrected chi connectivity index (χ3v) is 5.43. The number of amides is 2. The molecule has 0 aliphatic carbocycles. The van der Waals surface area contributed by atoms with Gasteiger partial charge in [0.1, 0.15) is 0 Å². The summed E-state index contributed by atoms with van der Waals surface area (Å²) >= 11 is 7.35. The van der Waals surface area contributed by atoms with Crippen LogP contribution in [0.25, 0.3) is 10.4 Å². The van der Waals surface area contributed by atoms with Crippen molar-refractivity contribution in [3.05, 3.63) is 70.1 Å². The summed E-state index contributed by atoms with van der Waals surface area (Å²) in [5.74, 6) is -0.246. The van der Waals surface area contributed by atoms with Gasteiger partial charge in [0.25, 0.3) is 5.91 Å². The zero-order valence-electron chi connectivity index (χ0n) is 15.0. The van der Waals surface area contributed by atoms with E-state index in [0.717, 1.165) is 16.0 Å². The summed E-state index contributed by atoms with van der Waals surface area (Å²) in [5, 5.41) is 6.41. The Morgan fingerprint density at radius 1 is 1.00 bits per heavy atom. The highest BCUT2D eigenvalue weighted by atomic mass is 35.5. The van der Waals surface area contributed by atoms with Crippen molar-refractivity contribution in [2.24, 2.45) is 0 Å². The fraction of sp³-hybridized carbons (Fsp3) is 0.143. The number of aryl methyl sites for hydroxylation is 1. The molecule has 1 aromatic heterocycles. The standard InChI is InChI=1S/C21H19ClN2O2S/c1-3-20(25)23-16-9-4-13(2)17(12-16)24-21(26)19-11-10-18(27-19)14-5-7-15(22)8-6-14/h4-12H,3H2,1-2H3,(H,23,25)(H,24,26). The van der Waals surface area contributed by atoms with E-state index in [4.69, 9.17) is 11.6 Å². The molecule has 27 heavy (non-hydrogen) atoms. The summed E-state index contributed by atoms with van der Waals surface area (Å²) in [6.07, 6.45) is 0.401. The van der Waals surface area contributed by atoms with E-state index in [1.54, 1.807) is 13.0 Å². The van der Waals surface area contributed by atoms with Crippen LogP contribution in [0.15, 0.2) is 54.6 Å². The van der Waals surface area contributed by atoms with Gasteiger partial charge < -0.3 is 10.6 Å². The van der Waals surface area contributed by atoms with E-state index in [9.17, 15) is 9.59 Å². The van der Waals surface area contributed by atoms with Gasteiger partial charge in [-0.2, -0.15) is 0 Å². The SMILES string of the molecule is CCC(=O)Nc1ccc(C)c(NC(=O)c2ccc(-c3ccc(Cl)cc3)s2)c1. The molecule has 0 aliphatic heterocycles. The highest BCUT2D eigenvalue weighted by molar-refractivity contribution is 7.17. The van der Waals surface area contributed by atoms with Gasteiger partial charge in [0.2, 0.25) is 5.91 Å². The molecule has 0 saturated heterocycles. The summed E-state index contributed by atoms with van der Waals surface area (Å²) in [4.78, 5) is 25.8. The van der Waals surface area contributed by atoms with Gasteiger partial charge in [0.05, 0.1) is 4.88 Å². The second kappa shape index (κ2) is 8.37. The molecule has 0 unspecified atom stereocenters. The van der Waals surface area contributed by atoms with Crippen molar-refractivity contribution in [3.8, 4) is 10.4 Å². The molecule has 6 heteroatoms. The Kier molecular flexibility index (Phi) is 5.94. The topological polar surface area (TPSA) is 58.2 Å². The molecule has 0 fully saturated rings. The molecule has 0 radical (unpaired) electrons. The third kappa shape index (κ3) is 4.76. The predicted molar refractivity (Wildman–Crippen MR) is 113 cm³/mol. The van der Waals surface area contributed by atoms with Gasteiger partial charge in [-0.15, -0.1) is 11.3 Å². The van der Waals surface area contributed by atoms with Crippen LogP contribution in [-0.2, 0) is 4.79 Å². The molecule has 2 N–H and O–H groups in total. The van der Waals surface area contributed by atoms with E-state index in [2.05, 4.69) is 10.6 Å². The first-order valence-corrected chi connectivity index (χ1v) is 9.73. The Hall–Kier alpha value is -2.63. The number of carbonyl (C=O) groups excluding carboxylic acids is 2. The maximum Gasteiger partial charge on any atom is 0.265 e. The lowest BCUT2D eigenvalue weighted by Gasteiger charge is -2.10. The summed E-state index contributed by atoms with van der Waals surface area (Å²) in [7, 11) is 0. The van der Waals surface area contributed by atoms with Crippen molar-refractivity contribution < 1.29 is 9.59 Å². The number of halogens is 1. The monoisotopic (exact) mass is 398 g/mol. The Labute approximate surface area is 167 Å². The molecule has 2 amide bonds. The molecule has 4 nitrogen and oxygen atoms in total. The van der Waals surface area contributed by atoms with Crippen LogP contribution in [0, 0.1) is 6.92 Å². The van der Waals surface area contributed by atoms with Gasteiger partial charge in [0, 0.05) is 27.7 Å². The van der Waals surface area contributed by atoms with Crippen LogP contribution in [0.1, 0.15) is 28.6 Å². The summed E-state index contributed by atoms with van der Waals surface area (Å²) in [6, 6.07) is 16.7. The zero-order valence-corrected chi connectivity index (χ0v) is 16.6. The molecule has 3 rings (SSSR count). The van der Waals surface area contributed by atoms with Crippen LogP contribution in [0.4, 0.5) is 11.4 Å². The van der Waals surface area contributed by atoms with Gasteiger partial charge >= 0.3 is 0 Å². The number of rotatable bonds is 5. The lowest BCUT2D eigenvalue weighted by molar-refractivity contribution is -0.115. The fourth-order valence-electron chi connectivity index (χ4n) is 2.50. The Balaban J connectivity index is 1.76. The first-order valence-electron chi connectivity index (χ1n) is 8.54. The molecule has 0 bridgehead atoms. The average Bonchev–Trinajstić information content (AvgIpc) is 3.15. The van der Waals surface area contributed by atoms with Gasteiger partial charge in [-0.1, -0.05) is 36.7 Å². The zero-order chi connectivity index (χ0) is 19.4. The number of carbonyl (C=O) groups is 2. The highest BCUT2D eigenvalue weighted by Gasteiger charge is 2.12. The molecule has 0 saturated carbocycles. The number of hydrogen-bond acceptors (Lipinski definition) is 3. The molecule has 0 spiro atoms. The second-order valence-electron chi connectivity index (χ2n) is 6.06. The Bertz CT molecular complexity index is 980. The maximum atomic E-state index is 12.6. The van der Waals surface area contributed by atoms with E-state index >= 15 is 0 Å². The minimum Gasteiger partial charge on any atom is -0.326 e. The number of hydrogen-bond donors (Lipinski definition) is 2. The number of thiophene rings is 1. The fourth-order valence-corrected chi connectivity index (χ4v) is 3.53. The van der Waals surface area contributed by atoms with E-state index in [-0.39, 0.29) is 11.8 Å². The van der Waals surface area contributed by atoms with Gasteiger partial charge in [-0.05, 0) is 54.4 Å². The van der Waals surface area contributed by atoms with Gasteiger partial charge in [-0.25, -0.2) is 0 Å². The van der Waals surface area contributed by atoms with Gasteiger partial charge in [0.15, 0.2) is 0 Å². The molecule has 0 atom stereocenters. The van der Waals surface area contributed by atoms with Crippen molar-refractivity contribution in [2.45, 2.75) is 20.3 Å². The van der Waals surface area contributed by atoms with Crippen LogP contribution in [-0.4, -0.2) is 11.8 Å². The minimum absolute atomic E-state index is 0.0676. The first-order chi connectivity index (χ1) is 13.0. The maximum absolute atomic E-state index is 12.6. The lowest BCUT2D eigenvalue weighted by atomic mass is 10.1. The predicted octanol–water partition coefficient (Wildman–Crippen LogP) is 5.98. The van der Waals surface area contributed by atoms with Crippen molar-refractivity contribution in [2.75, 3.05) is 10.6 Å². The number of nitrogens with one attached hydrogen (secondary N) is 2. The molecule has 2 aromatic carbocycles. The first kappa shape index (κ1) is 19.1. The second-order valence-corrected chi connectivity index (χ2v) is 7.58. The molecule has 3 aromatic rings. The average molecular weight is 399 g/mol. The molecular weight excluding hydrogens is 380 g/mol. The van der Waals surface area contributed by atoms with Crippen molar-refractivity contribution in [3.63, 3.8) is 0 Å². The summed E-state index contributed by atoms with van der Waals surface area (Å²) in [5.41, 5.74) is 3.28. The van der Waals surface area contributed by atoms with Crippen LogP contribution >= 0.6 is 22.9 Å². The number of anilines is 2. The van der Waals surface area contributed by atoms with Crippen LogP contribution in [0.3, 0.4) is 0 Å². The van der Waals surface area contributed by atoms with E-state index < -0.39 is 0 Å². The Morgan fingerprint density at radius 2 is 1.74 bits per heavy atom. The highest BCUT2D eigenvalue weighted by Crippen LogP contribution is 2.30. The normalized spacial score (nSPS) is 10.5. The van der Waals surface area contributed by atoms with E-state index in [1.807, 2.05) is 55.5 Å². The summed E-state index contributed by atoms with van der Waals surface area (Å²) < 4.78 is 0. The van der Waals surface area contributed by atoms with Crippen molar-refractivity contribution >= 4 is 46.1 Å². The minimum atomic E-state index is -0.178. The molecular formula is C21H19ClN2O2S. The molecule has 138 valence electrons.